The second-order valence-electron chi connectivity index (χ2n) is 8.16. The molecule has 0 bridgehead atoms. The summed E-state index contributed by atoms with van der Waals surface area (Å²) in [4.78, 5) is 14.6. The summed E-state index contributed by atoms with van der Waals surface area (Å²) < 4.78 is 27.9. The van der Waals surface area contributed by atoms with E-state index in [1.807, 2.05) is 17.0 Å². The zero-order chi connectivity index (χ0) is 19.3. The number of nitrogens with one attached hydrogen (secondary N) is 1. The van der Waals surface area contributed by atoms with Gasteiger partial charge in [0.25, 0.3) is 0 Å². The molecule has 2 fully saturated rings. The molecule has 1 saturated carbocycles. The summed E-state index contributed by atoms with van der Waals surface area (Å²) in [5.74, 6) is 0.920. The van der Waals surface area contributed by atoms with Gasteiger partial charge in [-0.2, -0.15) is 0 Å². The summed E-state index contributed by atoms with van der Waals surface area (Å²) >= 11 is 0. The Morgan fingerprint density at radius 3 is 2.30 bits per heavy atom. The standard InChI is InChI=1S/C21H32N2O3S/c1-17-13-15-23(16-14-17)21(24)12-9-18-7-10-20(11-8-18)27(25,26)22-19-5-3-2-4-6-19/h7-8,10-11,17,19,22H,2-6,9,12-16H2,1H3. The molecule has 2 aliphatic rings. The fourth-order valence-corrected chi connectivity index (χ4v) is 5.32. The molecule has 1 aliphatic heterocycles. The van der Waals surface area contributed by atoms with Crippen LogP contribution in [0.3, 0.4) is 0 Å². The van der Waals surface area contributed by atoms with Gasteiger partial charge < -0.3 is 4.90 Å². The van der Waals surface area contributed by atoms with Crippen LogP contribution in [-0.4, -0.2) is 38.4 Å². The smallest absolute Gasteiger partial charge is 0.240 e. The fraction of sp³-hybridized carbons (Fsp3) is 0.667. The van der Waals surface area contributed by atoms with Gasteiger partial charge in [-0.1, -0.05) is 38.3 Å². The first-order valence-corrected chi connectivity index (χ1v) is 11.8. The van der Waals surface area contributed by atoms with Crippen LogP contribution >= 0.6 is 0 Å². The van der Waals surface area contributed by atoms with Crippen molar-refractivity contribution in [1.82, 2.24) is 9.62 Å². The second kappa shape index (κ2) is 9.20. The summed E-state index contributed by atoms with van der Waals surface area (Å²) in [6, 6.07) is 7.05. The van der Waals surface area contributed by atoms with Gasteiger partial charge in [-0.3, -0.25) is 4.79 Å². The Morgan fingerprint density at radius 2 is 1.67 bits per heavy atom. The lowest BCUT2D eigenvalue weighted by molar-refractivity contribution is -0.132. The Bertz CT molecular complexity index is 716. The number of carbonyl (C=O) groups is 1. The summed E-state index contributed by atoms with van der Waals surface area (Å²) in [5.41, 5.74) is 1.00. The summed E-state index contributed by atoms with van der Waals surface area (Å²) in [6.07, 6.45) is 8.55. The number of amides is 1. The van der Waals surface area contributed by atoms with Crippen molar-refractivity contribution in [1.29, 1.82) is 0 Å². The highest BCUT2D eigenvalue weighted by Gasteiger charge is 2.22. The molecule has 1 aromatic carbocycles. The predicted octanol–water partition coefficient (Wildman–Crippen LogP) is 3.49. The molecule has 0 spiro atoms. The molecule has 1 saturated heterocycles. The molecule has 1 N–H and O–H groups in total. The van der Waals surface area contributed by atoms with Crippen molar-refractivity contribution < 1.29 is 13.2 Å². The lowest BCUT2D eigenvalue weighted by Crippen LogP contribution is -2.38. The van der Waals surface area contributed by atoms with E-state index in [0.717, 1.165) is 57.2 Å². The van der Waals surface area contributed by atoms with Gasteiger partial charge in [0.15, 0.2) is 0 Å². The Kier molecular flexibility index (Phi) is 6.93. The first-order valence-electron chi connectivity index (χ1n) is 10.3. The van der Waals surface area contributed by atoms with Crippen LogP contribution in [0.15, 0.2) is 29.2 Å². The fourth-order valence-electron chi connectivity index (χ4n) is 4.01. The van der Waals surface area contributed by atoms with Crippen molar-refractivity contribution in [2.45, 2.75) is 75.6 Å². The quantitative estimate of drug-likeness (QED) is 0.806. The summed E-state index contributed by atoms with van der Waals surface area (Å²) in [6.45, 7) is 3.97. The first kappa shape index (κ1) is 20.3. The van der Waals surface area contributed by atoms with Crippen molar-refractivity contribution in [2.75, 3.05) is 13.1 Å². The van der Waals surface area contributed by atoms with E-state index in [1.54, 1.807) is 12.1 Å². The zero-order valence-electron chi connectivity index (χ0n) is 16.3. The highest BCUT2D eigenvalue weighted by Crippen LogP contribution is 2.21. The summed E-state index contributed by atoms with van der Waals surface area (Å²) in [7, 11) is -3.46. The van der Waals surface area contributed by atoms with Crippen LogP contribution in [0.2, 0.25) is 0 Å². The van der Waals surface area contributed by atoms with Crippen molar-refractivity contribution in [3.05, 3.63) is 29.8 Å². The largest absolute Gasteiger partial charge is 0.343 e. The number of piperidine rings is 1. The zero-order valence-corrected chi connectivity index (χ0v) is 17.1. The van der Waals surface area contributed by atoms with E-state index in [0.29, 0.717) is 23.7 Å². The van der Waals surface area contributed by atoms with E-state index in [2.05, 4.69) is 11.6 Å². The number of hydrogen-bond acceptors (Lipinski definition) is 3. The Morgan fingerprint density at radius 1 is 1.04 bits per heavy atom. The number of benzene rings is 1. The molecule has 5 nitrogen and oxygen atoms in total. The van der Waals surface area contributed by atoms with E-state index in [1.165, 1.54) is 6.42 Å². The third-order valence-corrected chi connectivity index (χ3v) is 7.46. The number of sulfonamides is 1. The second-order valence-corrected chi connectivity index (χ2v) is 9.88. The highest BCUT2D eigenvalue weighted by atomic mass is 32.2. The molecule has 6 heteroatoms. The van der Waals surface area contributed by atoms with E-state index in [-0.39, 0.29) is 11.9 Å². The third-order valence-electron chi connectivity index (χ3n) is 5.92. The topological polar surface area (TPSA) is 66.5 Å². The normalized spacial score (nSPS) is 20.0. The third kappa shape index (κ3) is 5.79. The van der Waals surface area contributed by atoms with Crippen LogP contribution in [0.4, 0.5) is 0 Å². The molecule has 1 aliphatic carbocycles. The molecule has 1 amide bonds. The average molecular weight is 393 g/mol. The Hall–Kier alpha value is -1.40. The maximum Gasteiger partial charge on any atom is 0.240 e. The number of nitrogens with zero attached hydrogens (tertiary/aromatic N) is 1. The number of carbonyl (C=O) groups excluding carboxylic acids is 1. The van der Waals surface area contributed by atoms with Crippen LogP contribution in [0.25, 0.3) is 0 Å². The minimum atomic E-state index is -3.46. The van der Waals surface area contributed by atoms with Crippen molar-refractivity contribution in [2.24, 2.45) is 5.92 Å². The van der Waals surface area contributed by atoms with Crippen LogP contribution in [0.5, 0.6) is 0 Å². The molecule has 0 radical (unpaired) electrons. The molecule has 27 heavy (non-hydrogen) atoms. The number of rotatable bonds is 6. The predicted molar refractivity (Wildman–Crippen MR) is 107 cm³/mol. The number of hydrogen-bond donors (Lipinski definition) is 1. The average Bonchev–Trinajstić information content (AvgIpc) is 2.67. The lowest BCUT2D eigenvalue weighted by Gasteiger charge is -2.30. The minimum absolute atomic E-state index is 0.0632. The lowest BCUT2D eigenvalue weighted by atomic mass is 9.96. The van der Waals surface area contributed by atoms with Gasteiger partial charge in [0.05, 0.1) is 4.90 Å². The van der Waals surface area contributed by atoms with E-state index in [4.69, 9.17) is 0 Å². The van der Waals surface area contributed by atoms with Crippen LogP contribution in [0.1, 0.15) is 63.9 Å². The van der Waals surface area contributed by atoms with Gasteiger partial charge in [-0.15, -0.1) is 0 Å². The van der Waals surface area contributed by atoms with Gasteiger partial charge in [-0.25, -0.2) is 13.1 Å². The van der Waals surface area contributed by atoms with Crippen molar-refractivity contribution in [3.63, 3.8) is 0 Å². The molecular weight excluding hydrogens is 360 g/mol. The van der Waals surface area contributed by atoms with Gasteiger partial charge in [-0.05, 0) is 55.7 Å². The number of likely N-dealkylation sites (tertiary alicyclic amines) is 1. The number of aryl methyl sites for hydroxylation is 1. The Balaban J connectivity index is 1.51. The first-order chi connectivity index (χ1) is 12.9. The van der Waals surface area contributed by atoms with Gasteiger partial charge in [0, 0.05) is 25.6 Å². The van der Waals surface area contributed by atoms with Crippen LogP contribution in [-0.2, 0) is 21.2 Å². The molecule has 0 aromatic heterocycles. The summed E-state index contributed by atoms with van der Waals surface area (Å²) in [5, 5.41) is 0. The molecule has 150 valence electrons. The minimum Gasteiger partial charge on any atom is -0.343 e. The molecule has 3 rings (SSSR count). The van der Waals surface area contributed by atoms with Gasteiger partial charge >= 0.3 is 0 Å². The Labute approximate surface area is 163 Å². The van der Waals surface area contributed by atoms with Crippen LogP contribution < -0.4 is 4.72 Å². The monoisotopic (exact) mass is 392 g/mol. The van der Waals surface area contributed by atoms with Gasteiger partial charge in [0.1, 0.15) is 0 Å². The maximum absolute atomic E-state index is 12.5. The van der Waals surface area contributed by atoms with Gasteiger partial charge in [0.2, 0.25) is 15.9 Å². The van der Waals surface area contributed by atoms with Crippen molar-refractivity contribution in [3.8, 4) is 0 Å². The molecule has 0 atom stereocenters. The molecular formula is C21H32N2O3S. The van der Waals surface area contributed by atoms with Crippen LogP contribution in [0, 0.1) is 5.92 Å². The highest BCUT2D eigenvalue weighted by molar-refractivity contribution is 7.89. The maximum atomic E-state index is 12.5. The molecule has 1 aromatic rings. The SMILES string of the molecule is CC1CCN(C(=O)CCc2ccc(S(=O)(=O)NC3CCCCC3)cc2)CC1. The van der Waals surface area contributed by atoms with Crippen molar-refractivity contribution >= 4 is 15.9 Å². The van der Waals surface area contributed by atoms with E-state index < -0.39 is 10.0 Å². The van der Waals surface area contributed by atoms with E-state index in [9.17, 15) is 13.2 Å². The van der Waals surface area contributed by atoms with E-state index >= 15 is 0 Å². The molecule has 1 heterocycles. The molecule has 0 unspecified atom stereocenters.